The summed E-state index contributed by atoms with van der Waals surface area (Å²) in [5, 5.41) is 8.99. The lowest BCUT2D eigenvalue weighted by molar-refractivity contribution is -0.274. The maximum absolute atomic E-state index is 13.2. The van der Waals surface area contributed by atoms with Crippen molar-refractivity contribution in [2.45, 2.75) is 32.3 Å². The Morgan fingerprint density at radius 1 is 1.09 bits per heavy atom. The molecule has 1 aliphatic rings. The molecule has 1 unspecified atom stereocenters. The average Bonchev–Trinajstić information content (AvgIpc) is 2.80. The third-order valence-electron chi connectivity index (χ3n) is 5.66. The predicted molar refractivity (Wildman–Crippen MR) is 118 cm³/mol. The van der Waals surface area contributed by atoms with Gasteiger partial charge >= 0.3 is 6.36 Å². The molecule has 1 aliphatic heterocycles. The lowest BCUT2D eigenvalue weighted by atomic mass is 10.1. The molecule has 1 fully saturated rings. The van der Waals surface area contributed by atoms with Crippen molar-refractivity contribution in [3.63, 3.8) is 0 Å². The minimum absolute atomic E-state index is 0.0369. The fourth-order valence-electron chi connectivity index (χ4n) is 3.88. The second kappa shape index (κ2) is 11.2. The van der Waals surface area contributed by atoms with E-state index in [1.807, 2.05) is 37.3 Å². The van der Waals surface area contributed by atoms with Gasteiger partial charge in [0, 0.05) is 45.0 Å². The Kier molecular flexibility index (Phi) is 8.31. The molecule has 1 saturated heterocycles. The number of hydrogen-bond donors (Lipinski definition) is 0. The van der Waals surface area contributed by atoms with Gasteiger partial charge in [0.25, 0.3) is 0 Å². The van der Waals surface area contributed by atoms with Crippen LogP contribution >= 0.6 is 0 Å². The van der Waals surface area contributed by atoms with Crippen LogP contribution < -0.4 is 9.64 Å². The lowest BCUT2D eigenvalue weighted by Crippen LogP contribution is -2.54. The molecular weight excluding hydrogens is 433 g/mol. The molecule has 0 radical (unpaired) electrons. The van der Waals surface area contributed by atoms with Gasteiger partial charge in [0.2, 0.25) is 5.91 Å². The molecule has 6 nitrogen and oxygen atoms in total. The van der Waals surface area contributed by atoms with E-state index >= 15 is 0 Å². The number of alkyl halides is 3. The van der Waals surface area contributed by atoms with Gasteiger partial charge in [-0.3, -0.25) is 14.6 Å². The lowest BCUT2D eigenvalue weighted by Gasteiger charge is -2.39. The van der Waals surface area contributed by atoms with E-state index in [0.29, 0.717) is 26.2 Å². The van der Waals surface area contributed by atoms with E-state index in [0.717, 1.165) is 24.3 Å². The van der Waals surface area contributed by atoms with Crippen molar-refractivity contribution in [3.05, 3.63) is 60.2 Å². The van der Waals surface area contributed by atoms with Gasteiger partial charge in [-0.1, -0.05) is 30.3 Å². The number of rotatable bonds is 8. The van der Waals surface area contributed by atoms with Gasteiger partial charge in [0.15, 0.2) is 0 Å². The van der Waals surface area contributed by atoms with E-state index in [4.69, 9.17) is 5.26 Å². The van der Waals surface area contributed by atoms with Crippen LogP contribution in [0.1, 0.15) is 18.9 Å². The molecule has 0 aliphatic carbocycles. The number of anilines is 1. The Labute approximate surface area is 191 Å². The number of carbonyl (C=O) groups is 1. The van der Waals surface area contributed by atoms with Crippen molar-refractivity contribution >= 4 is 11.6 Å². The zero-order chi connectivity index (χ0) is 23.8. The maximum atomic E-state index is 13.2. The van der Waals surface area contributed by atoms with Crippen molar-refractivity contribution in [1.29, 1.82) is 5.26 Å². The van der Waals surface area contributed by atoms with Gasteiger partial charge in [0.05, 0.1) is 18.5 Å². The molecule has 1 atom stereocenters. The summed E-state index contributed by atoms with van der Waals surface area (Å²) in [7, 11) is 0. The summed E-state index contributed by atoms with van der Waals surface area (Å²) >= 11 is 0. The molecule has 0 aromatic heterocycles. The normalized spacial score (nSPS) is 16.1. The summed E-state index contributed by atoms with van der Waals surface area (Å²) < 4.78 is 40.8. The van der Waals surface area contributed by atoms with Gasteiger partial charge < -0.3 is 9.64 Å². The van der Waals surface area contributed by atoms with Crippen LogP contribution in [0.2, 0.25) is 0 Å². The molecule has 1 heterocycles. The largest absolute Gasteiger partial charge is 0.573 e. The number of halogens is 3. The molecule has 3 rings (SSSR count). The van der Waals surface area contributed by atoms with E-state index in [2.05, 4.69) is 20.6 Å². The molecule has 0 N–H and O–H groups in total. The first-order valence-corrected chi connectivity index (χ1v) is 10.8. The highest BCUT2D eigenvalue weighted by Crippen LogP contribution is 2.23. The number of nitrogens with zero attached hydrogens (tertiary/aromatic N) is 4. The Balaban J connectivity index is 1.54. The summed E-state index contributed by atoms with van der Waals surface area (Å²) in [6.07, 6.45) is -4.44. The summed E-state index contributed by atoms with van der Waals surface area (Å²) in [5.74, 6) is -0.270. The second-order valence-corrected chi connectivity index (χ2v) is 7.91. The second-order valence-electron chi connectivity index (χ2n) is 7.91. The molecule has 1 amide bonds. The average molecular weight is 461 g/mol. The van der Waals surface area contributed by atoms with E-state index in [1.54, 1.807) is 17.0 Å². The first kappa shape index (κ1) is 24.6. The highest BCUT2D eigenvalue weighted by molar-refractivity contribution is 5.97. The van der Waals surface area contributed by atoms with Gasteiger partial charge in [-0.05, 0) is 36.8 Å². The molecule has 2 aromatic rings. The van der Waals surface area contributed by atoms with Crippen LogP contribution in [-0.4, -0.2) is 60.8 Å². The van der Waals surface area contributed by atoms with Crippen molar-refractivity contribution in [2.75, 3.05) is 37.6 Å². The van der Waals surface area contributed by atoms with Crippen molar-refractivity contribution in [3.8, 4) is 11.8 Å². The van der Waals surface area contributed by atoms with Crippen LogP contribution in [0, 0.1) is 11.3 Å². The zero-order valence-corrected chi connectivity index (χ0v) is 18.5. The van der Waals surface area contributed by atoms with Gasteiger partial charge in [-0.25, -0.2) is 0 Å². The molecule has 33 heavy (non-hydrogen) atoms. The highest BCUT2D eigenvalue weighted by Gasteiger charge is 2.31. The van der Waals surface area contributed by atoms with Crippen LogP contribution in [0.4, 0.5) is 18.9 Å². The number of ether oxygens (including phenoxy) is 1. The monoisotopic (exact) mass is 460 g/mol. The number of benzene rings is 2. The zero-order valence-electron chi connectivity index (χ0n) is 18.5. The van der Waals surface area contributed by atoms with Gasteiger partial charge in [0.1, 0.15) is 5.75 Å². The van der Waals surface area contributed by atoms with Crippen LogP contribution in [0.25, 0.3) is 0 Å². The Bertz CT molecular complexity index is 937. The molecular formula is C24H27F3N4O2. The Morgan fingerprint density at radius 2 is 1.73 bits per heavy atom. The van der Waals surface area contributed by atoms with Crippen LogP contribution in [-0.2, 0) is 11.3 Å². The van der Waals surface area contributed by atoms with Crippen molar-refractivity contribution in [2.24, 2.45) is 0 Å². The van der Waals surface area contributed by atoms with E-state index in [9.17, 15) is 18.0 Å². The smallest absolute Gasteiger partial charge is 0.406 e. The number of nitriles is 1. The summed E-state index contributed by atoms with van der Waals surface area (Å²) in [6, 6.07) is 17.0. The van der Waals surface area contributed by atoms with E-state index < -0.39 is 6.36 Å². The SMILES string of the molecule is CC(C(=O)N(CCC#N)c1ccccc1)N1CCN(Cc2ccc(OC(F)(F)F)cc2)CC1. The van der Waals surface area contributed by atoms with Gasteiger partial charge in [-0.2, -0.15) is 5.26 Å². The molecule has 0 saturated carbocycles. The molecule has 0 bridgehead atoms. The Hall–Kier alpha value is -3.09. The minimum atomic E-state index is -4.70. The highest BCUT2D eigenvalue weighted by atomic mass is 19.4. The number of carbonyl (C=O) groups excluding carboxylic acids is 1. The summed E-state index contributed by atoms with van der Waals surface area (Å²) in [5.41, 5.74) is 1.68. The topological polar surface area (TPSA) is 59.8 Å². The number of amides is 1. The fourth-order valence-corrected chi connectivity index (χ4v) is 3.88. The maximum Gasteiger partial charge on any atom is 0.573 e. The molecule has 9 heteroatoms. The van der Waals surface area contributed by atoms with E-state index in [1.165, 1.54) is 12.1 Å². The standard InChI is InChI=1S/C24H27F3N4O2/c1-19(23(32)31(13-5-12-28)21-6-3-2-4-7-21)30-16-14-29(15-17-30)18-20-8-10-22(11-9-20)33-24(25,26)27/h2-4,6-11,19H,5,13-18H2,1H3. The van der Waals surface area contributed by atoms with Crippen LogP contribution in [0.5, 0.6) is 5.75 Å². The van der Waals surface area contributed by atoms with E-state index in [-0.39, 0.29) is 24.1 Å². The third kappa shape index (κ3) is 7.20. The first-order valence-electron chi connectivity index (χ1n) is 10.8. The predicted octanol–water partition coefficient (Wildman–Crippen LogP) is 4.04. The number of hydrogen-bond acceptors (Lipinski definition) is 5. The molecule has 2 aromatic carbocycles. The fraction of sp³-hybridized carbons (Fsp3) is 0.417. The van der Waals surface area contributed by atoms with Crippen molar-refractivity contribution < 1.29 is 22.7 Å². The summed E-state index contributed by atoms with van der Waals surface area (Å²) in [4.78, 5) is 19.2. The van der Waals surface area contributed by atoms with Crippen LogP contribution in [0.3, 0.4) is 0 Å². The molecule has 0 spiro atoms. The first-order chi connectivity index (χ1) is 15.8. The third-order valence-corrected chi connectivity index (χ3v) is 5.66. The quantitative estimate of drug-likeness (QED) is 0.595. The van der Waals surface area contributed by atoms with Gasteiger partial charge in [-0.15, -0.1) is 13.2 Å². The number of para-hydroxylation sites is 1. The Morgan fingerprint density at radius 3 is 2.30 bits per heavy atom. The number of piperazine rings is 1. The molecule has 176 valence electrons. The van der Waals surface area contributed by atoms with Crippen LogP contribution in [0.15, 0.2) is 54.6 Å². The van der Waals surface area contributed by atoms with Crippen molar-refractivity contribution in [1.82, 2.24) is 9.80 Å². The minimum Gasteiger partial charge on any atom is -0.406 e. The summed E-state index contributed by atoms with van der Waals surface area (Å²) in [6.45, 7) is 5.72.